The van der Waals surface area contributed by atoms with Gasteiger partial charge in [-0.1, -0.05) is 18.2 Å². The molecule has 0 saturated heterocycles. The average Bonchev–Trinajstić information content (AvgIpc) is 2.38. The zero-order chi connectivity index (χ0) is 12.3. The molecule has 1 heterocycles. The number of pyridine rings is 1. The highest BCUT2D eigenvalue weighted by Gasteiger charge is 2.06. The van der Waals surface area contributed by atoms with Crippen LogP contribution in [0.15, 0.2) is 42.6 Å². The average molecular weight is 223 g/mol. The van der Waals surface area contributed by atoms with E-state index in [0.29, 0.717) is 5.69 Å². The molecule has 0 fully saturated rings. The van der Waals surface area contributed by atoms with Crippen LogP contribution in [-0.2, 0) is 0 Å². The van der Waals surface area contributed by atoms with E-state index in [-0.39, 0.29) is 0 Å². The third-order valence-corrected chi connectivity index (χ3v) is 2.72. The molecule has 17 heavy (non-hydrogen) atoms. The van der Waals surface area contributed by atoms with Crippen LogP contribution in [0.25, 0.3) is 0 Å². The van der Waals surface area contributed by atoms with Gasteiger partial charge in [0.2, 0.25) is 0 Å². The molecule has 84 valence electrons. The summed E-state index contributed by atoms with van der Waals surface area (Å²) in [6.45, 7) is 2.07. The van der Waals surface area contributed by atoms with E-state index in [1.165, 1.54) is 5.56 Å². The Kier molecular flexibility index (Phi) is 3.06. The zero-order valence-electron chi connectivity index (χ0n) is 9.88. The Hall–Kier alpha value is -2.34. The van der Waals surface area contributed by atoms with Crippen LogP contribution in [0.1, 0.15) is 11.3 Å². The molecule has 0 spiro atoms. The van der Waals surface area contributed by atoms with Gasteiger partial charge in [0.1, 0.15) is 11.8 Å². The molecule has 0 aliphatic carbocycles. The maximum absolute atomic E-state index is 8.84. The maximum atomic E-state index is 8.84. The second-order valence-electron chi connectivity index (χ2n) is 3.86. The first kappa shape index (κ1) is 11.2. The van der Waals surface area contributed by atoms with Crippen molar-refractivity contribution in [1.29, 1.82) is 5.26 Å². The Labute approximate surface area is 101 Å². The van der Waals surface area contributed by atoms with Crippen LogP contribution in [0.4, 0.5) is 11.4 Å². The number of para-hydroxylation sites is 1. The van der Waals surface area contributed by atoms with Gasteiger partial charge in [0.15, 0.2) is 0 Å². The third kappa shape index (κ3) is 2.26. The quantitative estimate of drug-likeness (QED) is 0.785. The van der Waals surface area contributed by atoms with Gasteiger partial charge in [0.05, 0.1) is 0 Å². The van der Waals surface area contributed by atoms with E-state index in [4.69, 9.17) is 5.26 Å². The van der Waals surface area contributed by atoms with Crippen molar-refractivity contribution in [2.24, 2.45) is 0 Å². The zero-order valence-corrected chi connectivity index (χ0v) is 9.88. The number of anilines is 2. The van der Waals surface area contributed by atoms with E-state index in [2.05, 4.69) is 35.0 Å². The summed E-state index contributed by atoms with van der Waals surface area (Å²) >= 11 is 0. The van der Waals surface area contributed by atoms with Gasteiger partial charge in [-0.2, -0.15) is 5.26 Å². The highest BCUT2D eigenvalue weighted by atomic mass is 15.1. The van der Waals surface area contributed by atoms with Crippen molar-refractivity contribution in [1.82, 2.24) is 4.98 Å². The van der Waals surface area contributed by atoms with Crippen molar-refractivity contribution in [3.05, 3.63) is 53.9 Å². The standard InChI is InChI=1S/C14H13N3/c1-11-5-3-4-6-14(11)17(2)13-7-8-16-12(9-13)10-15/h3-9H,1-2H3. The SMILES string of the molecule is Cc1ccccc1N(C)c1ccnc(C#N)c1. The van der Waals surface area contributed by atoms with Gasteiger partial charge in [0, 0.05) is 24.6 Å². The fourth-order valence-corrected chi connectivity index (χ4v) is 1.77. The first-order valence-electron chi connectivity index (χ1n) is 5.38. The van der Waals surface area contributed by atoms with Crippen LogP contribution in [0, 0.1) is 18.3 Å². The molecule has 2 rings (SSSR count). The van der Waals surface area contributed by atoms with Crippen LogP contribution in [0.2, 0.25) is 0 Å². The molecule has 0 aliphatic heterocycles. The molecule has 0 aliphatic rings. The molecule has 3 nitrogen and oxygen atoms in total. The molecule has 3 heteroatoms. The number of nitriles is 1. The van der Waals surface area contributed by atoms with Crippen LogP contribution in [0.3, 0.4) is 0 Å². The fraction of sp³-hybridized carbons (Fsp3) is 0.143. The largest absolute Gasteiger partial charge is 0.344 e. The summed E-state index contributed by atoms with van der Waals surface area (Å²) < 4.78 is 0. The lowest BCUT2D eigenvalue weighted by atomic mass is 10.1. The van der Waals surface area contributed by atoms with Crippen molar-refractivity contribution >= 4 is 11.4 Å². The molecule has 0 bridgehead atoms. The summed E-state index contributed by atoms with van der Waals surface area (Å²) in [4.78, 5) is 6.02. The van der Waals surface area contributed by atoms with Gasteiger partial charge in [-0.15, -0.1) is 0 Å². The van der Waals surface area contributed by atoms with Crippen LogP contribution < -0.4 is 4.90 Å². The van der Waals surface area contributed by atoms with Gasteiger partial charge in [-0.25, -0.2) is 4.98 Å². The molecule has 0 atom stereocenters. The summed E-state index contributed by atoms with van der Waals surface area (Å²) in [7, 11) is 1.98. The highest BCUT2D eigenvalue weighted by Crippen LogP contribution is 2.26. The number of nitrogens with zero attached hydrogens (tertiary/aromatic N) is 3. The Balaban J connectivity index is 2.41. The second kappa shape index (κ2) is 4.67. The van der Waals surface area contributed by atoms with Crippen LogP contribution in [-0.4, -0.2) is 12.0 Å². The number of hydrogen-bond acceptors (Lipinski definition) is 3. The predicted octanol–water partition coefficient (Wildman–Crippen LogP) is 3.03. The molecule has 0 N–H and O–H groups in total. The van der Waals surface area contributed by atoms with Gasteiger partial charge < -0.3 is 4.90 Å². The van der Waals surface area contributed by atoms with E-state index in [1.54, 1.807) is 12.3 Å². The van der Waals surface area contributed by atoms with Crippen LogP contribution >= 0.6 is 0 Å². The van der Waals surface area contributed by atoms with Gasteiger partial charge in [-0.3, -0.25) is 0 Å². The predicted molar refractivity (Wildman–Crippen MR) is 68.2 cm³/mol. The van der Waals surface area contributed by atoms with Crippen molar-refractivity contribution < 1.29 is 0 Å². The molecule has 1 aromatic carbocycles. The summed E-state index contributed by atoms with van der Waals surface area (Å²) in [5, 5.41) is 8.84. The number of aryl methyl sites for hydroxylation is 1. The molecular formula is C14H13N3. The lowest BCUT2D eigenvalue weighted by Gasteiger charge is -2.21. The number of hydrogen-bond donors (Lipinski definition) is 0. The fourth-order valence-electron chi connectivity index (χ4n) is 1.77. The molecule has 0 saturated carbocycles. The second-order valence-corrected chi connectivity index (χ2v) is 3.86. The lowest BCUT2D eigenvalue weighted by molar-refractivity contribution is 1.16. The summed E-state index contributed by atoms with van der Waals surface area (Å²) in [6.07, 6.45) is 1.66. The Morgan fingerprint density at radius 1 is 1.24 bits per heavy atom. The molecule has 0 radical (unpaired) electrons. The molecule has 0 amide bonds. The summed E-state index contributed by atoms with van der Waals surface area (Å²) in [5.74, 6) is 0. The summed E-state index contributed by atoms with van der Waals surface area (Å²) in [5.41, 5.74) is 3.72. The van der Waals surface area contributed by atoms with E-state index < -0.39 is 0 Å². The number of rotatable bonds is 2. The Morgan fingerprint density at radius 2 is 2.00 bits per heavy atom. The highest BCUT2D eigenvalue weighted by molar-refractivity contribution is 5.65. The minimum Gasteiger partial charge on any atom is -0.344 e. The van der Waals surface area contributed by atoms with Gasteiger partial charge in [-0.05, 0) is 30.7 Å². The van der Waals surface area contributed by atoms with E-state index in [0.717, 1.165) is 11.4 Å². The Morgan fingerprint density at radius 3 is 2.71 bits per heavy atom. The minimum absolute atomic E-state index is 0.433. The third-order valence-electron chi connectivity index (χ3n) is 2.72. The number of benzene rings is 1. The molecule has 2 aromatic rings. The Bertz CT molecular complexity index is 570. The topological polar surface area (TPSA) is 39.9 Å². The van der Waals surface area contributed by atoms with Gasteiger partial charge in [0.25, 0.3) is 0 Å². The number of aromatic nitrogens is 1. The van der Waals surface area contributed by atoms with E-state index in [9.17, 15) is 0 Å². The maximum Gasteiger partial charge on any atom is 0.142 e. The lowest BCUT2D eigenvalue weighted by Crippen LogP contribution is -2.11. The molecule has 0 unspecified atom stereocenters. The monoisotopic (exact) mass is 223 g/mol. The van der Waals surface area contributed by atoms with Crippen molar-refractivity contribution in [2.75, 3.05) is 11.9 Å². The van der Waals surface area contributed by atoms with Crippen LogP contribution in [0.5, 0.6) is 0 Å². The normalized spacial score (nSPS) is 9.71. The van der Waals surface area contributed by atoms with Crippen molar-refractivity contribution in [3.63, 3.8) is 0 Å². The molecule has 1 aromatic heterocycles. The van der Waals surface area contributed by atoms with Crippen molar-refractivity contribution in [3.8, 4) is 6.07 Å². The van der Waals surface area contributed by atoms with E-state index >= 15 is 0 Å². The van der Waals surface area contributed by atoms with Crippen molar-refractivity contribution in [2.45, 2.75) is 6.92 Å². The van der Waals surface area contributed by atoms with E-state index in [1.807, 2.05) is 25.2 Å². The first-order valence-corrected chi connectivity index (χ1v) is 5.38. The first-order chi connectivity index (χ1) is 8.22. The molecular weight excluding hydrogens is 210 g/mol. The summed E-state index contributed by atoms with van der Waals surface area (Å²) in [6, 6.07) is 13.9. The minimum atomic E-state index is 0.433. The smallest absolute Gasteiger partial charge is 0.142 e. The van der Waals surface area contributed by atoms with Gasteiger partial charge >= 0.3 is 0 Å².